The predicted octanol–water partition coefficient (Wildman–Crippen LogP) is -1.16. The van der Waals surface area contributed by atoms with Crippen LogP contribution < -0.4 is 16.1 Å². The van der Waals surface area contributed by atoms with Crippen LogP contribution in [0, 0.1) is 0 Å². The number of hydrogen-bond donors (Lipinski definition) is 3. The largest absolute Gasteiger partial charge is 0.494 e. The fourth-order valence-corrected chi connectivity index (χ4v) is 3.04. The molecular formula is C18H24N5O3+. The van der Waals surface area contributed by atoms with Gasteiger partial charge in [-0.05, 0) is 12.5 Å². The van der Waals surface area contributed by atoms with Crippen molar-refractivity contribution in [3.63, 3.8) is 0 Å². The van der Waals surface area contributed by atoms with Gasteiger partial charge in [0.05, 0.1) is 45.5 Å². The molecule has 0 unspecified atom stereocenters. The number of aromatic amines is 1. The number of aromatic nitrogens is 2. The van der Waals surface area contributed by atoms with Crippen LogP contribution in [-0.4, -0.2) is 58.6 Å². The van der Waals surface area contributed by atoms with Crippen LogP contribution in [0.4, 0.5) is 0 Å². The van der Waals surface area contributed by atoms with Gasteiger partial charge in [0.25, 0.3) is 5.56 Å². The molecule has 3 rings (SSSR count). The quantitative estimate of drug-likeness (QED) is 0.601. The van der Waals surface area contributed by atoms with Crippen molar-refractivity contribution in [1.29, 1.82) is 0 Å². The average Bonchev–Trinajstić information content (AvgIpc) is 2.61. The molecule has 138 valence electrons. The topological polar surface area (TPSA) is 95.1 Å². The second kappa shape index (κ2) is 7.57. The number of rotatable bonds is 4. The third kappa shape index (κ3) is 3.85. The normalized spacial score (nSPS) is 16.1. The second-order valence-electron chi connectivity index (χ2n) is 6.63. The molecule has 1 aromatic heterocycles. The summed E-state index contributed by atoms with van der Waals surface area (Å²) >= 11 is 0. The van der Waals surface area contributed by atoms with Crippen molar-refractivity contribution in [1.82, 2.24) is 14.6 Å². The van der Waals surface area contributed by atoms with Gasteiger partial charge in [0, 0.05) is 0 Å². The van der Waals surface area contributed by atoms with E-state index in [9.17, 15) is 14.7 Å². The number of nitrogens with one attached hydrogen (secondary N) is 2. The zero-order valence-electron chi connectivity index (χ0n) is 15.0. The molecule has 1 aliphatic heterocycles. The molecule has 8 heteroatoms. The Labute approximate surface area is 151 Å². The van der Waals surface area contributed by atoms with E-state index in [0.29, 0.717) is 5.71 Å². The summed E-state index contributed by atoms with van der Waals surface area (Å²) in [5.41, 5.74) is 0.00497. The third-order valence-electron chi connectivity index (χ3n) is 4.60. The van der Waals surface area contributed by atoms with Crippen LogP contribution in [-0.2, 0) is 6.54 Å². The monoisotopic (exact) mass is 358 g/mol. The first-order valence-electron chi connectivity index (χ1n) is 8.67. The number of aromatic hydroxyl groups is 1. The number of benzene rings is 1. The zero-order chi connectivity index (χ0) is 18.7. The molecular weight excluding hydrogens is 334 g/mol. The summed E-state index contributed by atoms with van der Waals surface area (Å²) in [4.78, 5) is 28.1. The fraction of sp³-hybridized carbons (Fsp3) is 0.389. The van der Waals surface area contributed by atoms with Gasteiger partial charge in [-0.25, -0.2) is 4.79 Å². The van der Waals surface area contributed by atoms with E-state index in [4.69, 9.17) is 0 Å². The lowest BCUT2D eigenvalue weighted by molar-refractivity contribution is -0.884. The van der Waals surface area contributed by atoms with Crippen molar-refractivity contribution in [2.75, 3.05) is 33.2 Å². The summed E-state index contributed by atoms with van der Waals surface area (Å²) in [6.45, 7) is 5.34. The van der Waals surface area contributed by atoms with Crippen molar-refractivity contribution >= 4 is 5.71 Å². The van der Waals surface area contributed by atoms with Crippen LogP contribution in [0.25, 0.3) is 0 Å². The number of piperazine rings is 1. The van der Waals surface area contributed by atoms with Crippen LogP contribution in [0.1, 0.15) is 18.1 Å². The van der Waals surface area contributed by atoms with Gasteiger partial charge in [0.2, 0.25) is 5.88 Å². The van der Waals surface area contributed by atoms with Crippen LogP contribution in [0.3, 0.4) is 0 Å². The lowest BCUT2D eigenvalue weighted by Gasteiger charge is -2.28. The van der Waals surface area contributed by atoms with E-state index in [2.05, 4.69) is 17.1 Å². The molecule has 2 heterocycles. The molecule has 8 nitrogen and oxygen atoms in total. The van der Waals surface area contributed by atoms with Crippen LogP contribution >= 0.6 is 0 Å². The maximum Gasteiger partial charge on any atom is 0.331 e. The lowest BCUT2D eigenvalue weighted by atomic mass is 10.2. The molecule has 3 N–H and O–H groups in total. The second-order valence-corrected chi connectivity index (χ2v) is 6.63. The number of likely N-dealkylation sites (N-methyl/N-ethyl adjacent to an activating group) is 1. The minimum atomic E-state index is -0.642. The molecule has 1 saturated heterocycles. The van der Waals surface area contributed by atoms with Gasteiger partial charge in [-0.2, -0.15) is 5.10 Å². The Kier molecular flexibility index (Phi) is 5.22. The van der Waals surface area contributed by atoms with Gasteiger partial charge in [-0.3, -0.25) is 19.4 Å². The zero-order valence-corrected chi connectivity index (χ0v) is 15.0. The molecule has 1 aromatic carbocycles. The minimum Gasteiger partial charge on any atom is -0.494 e. The Bertz CT molecular complexity index is 909. The molecule has 0 radical (unpaired) electrons. The molecule has 0 spiro atoms. The molecule has 2 aromatic rings. The molecule has 0 atom stereocenters. The van der Waals surface area contributed by atoms with Gasteiger partial charge in [-0.1, -0.05) is 30.3 Å². The Balaban J connectivity index is 1.95. The fourth-order valence-electron chi connectivity index (χ4n) is 3.04. The molecule has 0 amide bonds. The van der Waals surface area contributed by atoms with Crippen LogP contribution in [0.2, 0.25) is 0 Å². The maximum atomic E-state index is 12.3. The summed E-state index contributed by atoms with van der Waals surface area (Å²) in [7, 11) is 2.13. The molecule has 0 bridgehead atoms. The summed E-state index contributed by atoms with van der Waals surface area (Å²) < 4.78 is 1.15. The van der Waals surface area contributed by atoms with E-state index >= 15 is 0 Å². The van der Waals surface area contributed by atoms with E-state index in [-0.39, 0.29) is 18.0 Å². The maximum absolute atomic E-state index is 12.3. The highest BCUT2D eigenvalue weighted by Crippen LogP contribution is 2.14. The first-order valence-corrected chi connectivity index (χ1v) is 8.67. The number of nitrogens with zero attached hydrogens (tertiary/aromatic N) is 3. The number of quaternary nitrogens is 1. The highest BCUT2D eigenvalue weighted by atomic mass is 16.3. The standard InChI is InChI=1S/C18H23N5O3/c1-13(20-22-10-8-21(2)9-11-22)15-16(24)19-18(26)23(17(15)25)12-14-6-4-3-5-7-14/h3-7,25H,8-12H2,1-2H3,(H,19,24,26)/p+1/b20-13+. The van der Waals surface area contributed by atoms with Crippen molar-refractivity contribution in [2.45, 2.75) is 13.5 Å². The van der Waals surface area contributed by atoms with Gasteiger partial charge in [0.1, 0.15) is 5.56 Å². The first-order chi connectivity index (χ1) is 12.5. The van der Waals surface area contributed by atoms with Gasteiger partial charge in [0.15, 0.2) is 0 Å². The Hall–Kier alpha value is -2.87. The van der Waals surface area contributed by atoms with Crippen molar-refractivity contribution in [2.24, 2.45) is 5.10 Å². The minimum absolute atomic E-state index is 0.0341. The van der Waals surface area contributed by atoms with Crippen LogP contribution in [0.5, 0.6) is 5.88 Å². The Morgan fingerprint density at radius 3 is 2.54 bits per heavy atom. The van der Waals surface area contributed by atoms with Gasteiger partial charge in [-0.15, -0.1) is 0 Å². The smallest absolute Gasteiger partial charge is 0.331 e. The lowest BCUT2D eigenvalue weighted by Crippen LogP contribution is -3.11. The van der Waals surface area contributed by atoms with E-state index < -0.39 is 11.2 Å². The highest BCUT2D eigenvalue weighted by Gasteiger charge is 2.20. The highest BCUT2D eigenvalue weighted by molar-refractivity contribution is 6.00. The summed E-state index contributed by atoms with van der Waals surface area (Å²) in [5, 5.41) is 17.0. The van der Waals surface area contributed by atoms with Crippen molar-refractivity contribution < 1.29 is 10.0 Å². The van der Waals surface area contributed by atoms with Crippen LogP contribution in [0.15, 0.2) is 45.0 Å². The predicted molar refractivity (Wildman–Crippen MR) is 98.9 cm³/mol. The SMILES string of the molecule is C/C(=N\N1CC[NH+](C)CC1)c1c(O)n(Cc2ccccc2)c(=O)[nH]c1=O. The van der Waals surface area contributed by atoms with Gasteiger partial charge >= 0.3 is 5.69 Å². The Morgan fingerprint density at radius 1 is 1.23 bits per heavy atom. The van der Waals surface area contributed by atoms with E-state index in [1.807, 2.05) is 35.3 Å². The van der Waals surface area contributed by atoms with Crippen molar-refractivity contribution in [3.8, 4) is 5.88 Å². The summed E-state index contributed by atoms with van der Waals surface area (Å²) in [6.07, 6.45) is 0. The summed E-state index contributed by atoms with van der Waals surface area (Å²) in [5.74, 6) is -0.358. The van der Waals surface area contributed by atoms with Crippen molar-refractivity contribution in [3.05, 3.63) is 62.3 Å². The molecule has 1 aliphatic rings. The number of H-pyrrole nitrogens is 1. The molecule has 26 heavy (non-hydrogen) atoms. The molecule has 0 saturated carbocycles. The van der Waals surface area contributed by atoms with Gasteiger partial charge < -0.3 is 10.0 Å². The number of hydrogen-bond acceptors (Lipinski definition) is 5. The molecule has 0 aliphatic carbocycles. The molecule has 1 fully saturated rings. The third-order valence-corrected chi connectivity index (χ3v) is 4.60. The van der Waals surface area contributed by atoms with E-state index in [0.717, 1.165) is 36.3 Å². The Morgan fingerprint density at radius 2 is 1.88 bits per heavy atom. The number of hydrazone groups is 1. The summed E-state index contributed by atoms with van der Waals surface area (Å²) in [6, 6.07) is 9.28. The first kappa shape index (κ1) is 17.9. The average molecular weight is 358 g/mol. The van der Waals surface area contributed by atoms with E-state index in [1.54, 1.807) is 6.92 Å². The van der Waals surface area contributed by atoms with E-state index in [1.165, 1.54) is 4.90 Å².